The standard InChI is InChI=1S/C15H16O5S/c1-9-13(20-21(2,17)18)8-7-11-10-5-3-4-6-12(10)15(16)19-14(9)11/h7-8H,3-6H2,1-2H3. The van der Waals surface area contributed by atoms with Crippen molar-refractivity contribution in [1.29, 1.82) is 0 Å². The largest absolute Gasteiger partial charge is 0.422 e. The average Bonchev–Trinajstić information content (AvgIpc) is 2.42. The highest BCUT2D eigenvalue weighted by molar-refractivity contribution is 7.86. The third-order valence-corrected chi connectivity index (χ3v) is 4.31. The summed E-state index contributed by atoms with van der Waals surface area (Å²) in [7, 11) is -3.62. The molecule has 0 saturated heterocycles. The zero-order valence-electron chi connectivity index (χ0n) is 11.9. The monoisotopic (exact) mass is 308 g/mol. The highest BCUT2D eigenvalue weighted by Crippen LogP contribution is 2.32. The van der Waals surface area contributed by atoms with E-state index >= 15 is 0 Å². The molecule has 2 aromatic rings. The van der Waals surface area contributed by atoms with E-state index in [0.717, 1.165) is 48.5 Å². The molecular weight excluding hydrogens is 292 g/mol. The number of fused-ring (bicyclic) bond motifs is 3. The molecular formula is C15H16O5S. The zero-order chi connectivity index (χ0) is 15.2. The first-order chi connectivity index (χ1) is 9.87. The summed E-state index contributed by atoms with van der Waals surface area (Å²) in [6.07, 6.45) is 4.63. The molecule has 0 aliphatic heterocycles. The molecule has 0 spiro atoms. The van der Waals surface area contributed by atoms with E-state index in [-0.39, 0.29) is 11.4 Å². The Morgan fingerprint density at radius 3 is 2.48 bits per heavy atom. The quantitative estimate of drug-likeness (QED) is 0.629. The van der Waals surface area contributed by atoms with Gasteiger partial charge in [-0.25, -0.2) is 4.79 Å². The molecule has 1 aromatic carbocycles. The minimum Gasteiger partial charge on any atom is -0.422 e. The average molecular weight is 308 g/mol. The van der Waals surface area contributed by atoms with Crippen molar-refractivity contribution in [3.63, 3.8) is 0 Å². The maximum absolute atomic E-state index is 12.1. The zero-order valence-corrected chi connectivity index (χ0v) is 12.7. The Bertz CT molecular complexity index is 877. The van der Waals surface area contributed by atoms with Gasteiger partial charge in [0.15, 0.2) is 0 Å². The Morgan fingerprint density at radius 1 is 1.14 bits per heavy atom. The number of benzene rings is 1. The van der Waals surface area contributed by atoms with Crippen LogP contribution in [0.4, 0.5) is 0 Å². The van der Waals surface area contributed by atoms with Gasteiger partial charge in [-0.05, 0) is 50.3 Å². The maximum atomic E-state index is 12.1. The summed E-state index contributed by atoms with van der Waals surface area (Å²) < 4.78 is 32.9. The van der Waals surface area contributed by atoms with Gasteiger partial charge in [0.1, 0.15) is 11.3 Å². The third-order valence-electron chi connectivity index (χ3n) is 3.83. The molecule has 0 N–H and O–H groups in total. The normalized spacial score (nSPS) is 15.0. The van der Waals surface area contributed by atoms with Gasteiger partial charge in [-0.15, -0.1) is 0 Å². The smallest absolute Gasteiger partial charge is 0.339 e. The highest BCUT2D eigenvalue weighted by Gasteiger charge is 2.20. The third kappa shape index (κ3) is 2.55. The SMILES string of the molecule is Cc1c(OS(C)(=O)=O)ccc2c3c(c(=O)oc12)CCCC3. The molecule has 3 rings (SSSR count). The number of hydrogen-bond donors (Lipinski definition) is 0. The predicted molar refractivity (Wildman–Crippen MR) is 79.3 cm³/mol. The van der Waals surface area contributed by atoms with Crippen LogP contribution < -0.4 is 9.81 Å². The first kappa shape index (κ1) is 14.1. The molecule has 112 valence electrons. The Labute approximate surface area is 122 Å². The van der Waals surface area contributed by atoms with Crippen LogP contribution in [0.3, 0.4) is 0 Å². The van der Waals surface area contributed by atoms with Gasteiger partial charge < -0.3 is 8.60 Å². The molecule has 0 saturated carbocycles. The van der Waals surface area contributed by atoms with Crippen molar-refractivity contribution in [2.75, 3.05) is 6.26 Å². The van der Waals surface area contributed by atoms with Gasteiger partial charge in [-0.2, -0.15) is 8.42 Å². The van der Waals surface area contributed by atoms with Gasteiger partial charge in [0.2, 0.25) is 0 Å². The van der Waals surface area contributed by atoms with E-state index in [9.17, 15) is 13.2 Å². The molecule has 1 aliphatic rings. The number of rotatable bonds is 2. The highest BCUT2D eigenvalue weighted by atomic mass is 32.2. The van der Waals surface area contributed by atoms with Crippen molar-refractivity contribution in [2.24, 2.45) is 0 Å². The Morgan fingerprint density at radius 2 is 1.81 bits per heavy atom. The van der Waals surface area contributed by atoms with Crippen LogP contribution in [0.25, 0.3) is 11.0 Å². The molecule has 0 radical (unpaired) electrons. The Hall–Kier alpha value is -1.82. The molecule has 1 aliphatic carbocycles. The summed E-state index contributed by atoms with van der Waals surface area (Å²) in [5.74, 6) is 0.198. The van der Waals surface area contributed by atoms with Gasteiger partial charge in [-0.3, -0.25) is 0 Å². The van der Waals surface area contributed by atoms with Crippen LogP contribution in [-0.4, -0.2) is 14.7 Å². The van der Waals surface area contributed by atoms with Crippen molar-refractivity contribution in [3.05, 3.63) is 39.2 Å². The van der Waals surface area contributed by atoms with Gasteiger partial charge in [0, 0.05) is 16.5 Å². The minimum absolute atomic E-state index is 0.198. The second-order valence-electron chi connectivity index (χ2n) is 5.41. The molecule has 0 bridgehead atoms. The maximum Gasteiger partial charge on any atom is 0.339 e. The van der Waals surface area contributed by atoms with E-state index in [0.29, 0.717) is 11.1 Å². The number of hydrogen-bond acceptors (Lipinski definition) is 5. The van der Waals surface area contributed by atoms with Crippen LogP contribution in [0.1, 0.15) is 29.5 Å². The first-order valence-corrected chi connectivity index (χ1v) is 8.66. The molecule has 0 fully saturated rings. The lowest BCUT2D eigenvalue weighted by molar-refractivity contribution is 0.488. The van der Waals surface area contributed by atoms with Gasteiger partial charge in [0.05, 0.1) is 6.26 Å². The van der Waals surface area contributed by atoms with E-state index in [1.807, 2.05) is 0 Å². The summed E-state index contributed by atoms with van der Waals surface area (Å²) in [6, 6.07) is 3.39. The lowest BCUT2D eigenvalue weighted by Crippen LogP contribution is -2.16. The fourth-order valence-electron chi connectivity index (χ4n) is 2.88. The van der Waals surface area contributed by atoms with Crippen molar-refractivity contribution in [2.45, 2.75) is 32.6 Å². The summed E-state index contributed by atoms with van der Waals surface area (Å²) >= 11 is 0. The molecule has 1 heterocycles. The lowest BCUT2D eigenvalue weighted by atomic mass is 9.90. The van der Waals surface area contributed by atoms with Crippen LogP contribution in [0, 0.1) is 6.92 Å². The van der Waals surface area contributed by atoms with Crippen LogP contribution in [-0.2, 0) is 23.0 Å². The molecule has 0 unspecified atom stereocenters. The lowest BCUT2D eigenvalue weighted by Gasteiger charge is -2.17. The summed E-state index contributed by atoms with van der Waals surface area (Å²) in [5, 5.41) is 0.877. The van der Waals surface area contributed by atoms with Crippen molar-refractivity contribution in [3.8, 4) is 5.75 Å². The fourth-order valence-corrected chi connectivity index (χ4v) is 3.38. The summed E-state index contributed by atoms with van der Waals surface area (Å²) in [6.45, 7) is 1.70. The second kappa shape index (κ2) is 4.87. The fraction of sp³-hybridized carbons (Fsp3) is 0.400. The van der Waals surface area contributed by atoms with E-state index < -0.39 is 10.1 Å². The van der Waals surface area contributed by atoms with Crippen LogP contribution in [0.5, 0.6) is 5.75 Å². The van der Waals surface area contributed by atoms with E-state index in [1.54, 1.807) is 19.1 Å². The molecule has 0 atom stereocenters. The van der Waals surface area contributed by atoms with Gasteiger partial charge >= 0.3 is 15.7 Å². The summed E-state index contributed by atoms with van der Waals surface area (Å²) in [5.41, 5.74) is 2.41. The molecule has 21 heavy (non-hydrogen) atoms. The molecule has 6 heteroatoms. The number of aryl methyl sites for hydroxylation is 2. The van der Waals surface area contributed by atoms with Crippen molar-refractivity contribution < 1.29 is 17.0 Å². The second-order valence-corrected chi connectivity index (χ2v) is 6.98. The van der Waals surface area contributed by atoms with Crippen molar-refractivity contribution in [1.82, 2.24) is 0 Å². The minimum atomic E-state index is -3.62. The predicted octanol–water partition coefficient (Wildman–Crippen LogP) is 2.32. The van der Waals surface area contributed by atoms with E-state index in [1.165, 1.54) is 0 Å². The van der Waals surface area contributed by atoms with Gasteiger partial charge in [0.25, 0.3) is 0 Å². The van der Waals surface area contributed by atoms with E-state index in [4.69, 9.17) is 8.60 Å². The molecule has 5 nitrogen and oxygen atoms in total. The summed E-state index contributed by atoms with van der Waals surface area (Å²) in [4.78, 5) is 12.1. The van der Waals surface area contributed by atoms with Gasteiger partial charge in [-0.1, -0.05) is 0 Å². The van der Waals surface area contributed by atoms with Crippen LogP contribution in [0.2, 0.25) is 0 Å². The van der Waals surface area contributed by atoms with Crippen molar-refractivity contribution >= 4 is 21.1 Å². The van der Waals surface area contributed by atoms with Crippen LogP contribution >= 0.6 is 0 Å². The van der Waals surface area contributed by atoms with E-state index in [2.05, 4.69) is 0 Å². The Balaban J connectivity index is 2.28. The first-order valence-electron chi connectivity index (χ1n) is 6.84. The Kier molecular flexibility index (Phi) is 3.28. The van der Waals surface area contributed by atoms with Crippen LogP contribution in [0.15, 0.2) is 21.3 Å². The topological polar surface area (TPSA) is 73.6 Å². The molecule has 1 aromatic heterocycles. The molecule has 0 amide bonds.